The molecule has 23 heavy (non-hydrogen) atoms. The Morgan fingerprint density at radius 1 is 1.48 bits per heavy atom. The molecule has 2 heterocycles. The number of thiazole rings is 1. The van der Waals surface area contributed by atoms with Crippen molar-refractivity contribution in [2.75, 3.05) is 18.4 Å². The van der Waals surface area contributed by atoms with Gasteiger partial charge in [0.05, 0.1) is 11.3 Å². The number of piperidine rings is 1. The number of anilines is 1. The van der Waals surface area contributed by atoms with E-state index in [4.69, 9.17) is 0 Å². The van der Waals surface area contributed by atoms with Crippen LogP contribution in [0, 0.1) is 5.92 Å². The number of hydrogen-bond donors (Lipinski definition) is 1. The number of hydrogen-bond acceptors (Lipinski definition) is 4. The minimum absolute atomic E-state index is 0.134. The normalized spacial score (nSPS) is 18.8. The van der Waals surface area contributed by atoms with Gasteiger partial charge in [-0.3, -0.25) is 15.0 Å². The van der Waals surface area contributed by atoms with E-state index < -0.39 is 0 Å². The molecule has 0 spiro atoms. The van der Waals surface area contributed by atoms with Crippen LogP contribution < -0.4 is 5.32 Å². The molecule has 2 aromatic rings. The lowest BCUT2D eigenvalue weighted by molar-refractivity contribution is 0.102. The summed E-state index contributed by atoms with van der Waals surface area (Å²) in [7, 11) is 0. The number of carbonyl (C=O) groups is 1. The first-order valence-electron chi connectivity index (χ1n) is 7.84. The topological polar surface area (TPSA) is 45.2 Å². The molecule has 122 valence electrons. The highest BCUT2D eigenvalue weighted by Crippen LogP contribution is 2.22. The first kappa shape index (κ1) is 16.6. The maximum absolute atomic E-state index is 12.3. The Labute approximate surface area is 149 Å². The average Bonchev–Trinajstić information content (AvgIpc) is 2.94. The molecule has 3 rings (SSSR count). The van der Waals surface area contributed by atoms with Crippen molar-refractivity contribution in [1.29, 1.82) is 0 Å². The van der Waals surface area contributed by atoms with Crippen LogP contribution in [0.3, 0.4) is 0 Å². The van der Waals surface area contributed by atoms with Crippen molar-refractivity contribution in [3.05, 3.63) is 45.4 Å². The second-order valence-electron chi connectivity index (χ2n) is 6.06. The lowest BCUT2D eigenvalue weighted by atomic mass is 10.0. The van der Waals surface area contributed by atoms with Crippen LogP contribution in [0.2, 0.25) is 0 Å². The van der Waals surface area contributed by atoms with Gasteiger partial charge in [0.25, 0.3) is 5.91 Å². The molecule has 6 heteroatoms. The number of benzene rings is 1. The fourth-order valence-corrected chi connectivity index (χ4v) is 4.07. The van der Waals surface area contributed by atoms with E-state index >= 15 is 0 Å². The molecule has 0 saturated carbocycles. The van der Waals surface area contributed by atoms with Crippen LogP contribution in [-0.4, -0.2) is 28.9 Å². The third kappa shape index (κ3) is 4.40. The fourth-order valence-electron chi connectivity index (χ4n) is 2.91. The zero-order chi connectivity index (χ0) is 16.2. The van der Waals surface area contributed by atoms with E-state index in [0.29, 0.717) is 10.7 Å². The Kier molecular flexibility index (Phi) is 5.46. The van der Waals surface area contributed by atoms with E-state index in [2.05, 4.69) is 38.1 Å². The Morgan fingerprint density at radius 3 is 3.09 bits per heavy atom. The average molecular weight is 394 g/mol. The molecule has 1 atom stereocenters. The molecule has 0 radical (unpaired) electrons. The quantitative estimate of drug-likeness (QED) is 0.837. The largest absolute Gasteiger partial charge is 0.298 e. The van der Waals surface area contributed by atoms with Gasteiger partial charge in [0.1, 0.15) is 0 Å². The number of amides is 1. The molecule has 1 aromatic carbocycles. The molecule has 0 aliphatic carbocycles. The van der Waals surface area contributed by atoms with Gasteiger partial charge in [-0.25, -0.2) is 4.98 Å². The van der Waals surface area contributed by atoms with Crippen molar-refractivity contribution in [3.8, 4) is 0 Å². The summed E-state index contributed by atoms with van der Waals surface area (Å²) in [4.78, 5) is 19.3. The van der Waals surface area contributed by atoms with Gasteiger partial charge in [0.15, 0.2) is 5.13 Å². The van der Waals surface area contributed by atoms with Crippen LogP contribution in [-0.2, 0) is 6.54 Å². The number of rotatable bonds is 4. The van der Waals surface area contributed by atoms with Gasteiger partial charge in [0.2, 0.25) is 0 Å². The van der Waals surface area contributed by atoms with E-state index in [1.807, 2.05) is 23.6 Å². The van der Waals surface area contributed by atoms with E-state index in [-0.39, 0.29) is 5.91 Å². The molecular weight excluding hydrogens is 374 g/mol. The van der Waals surface area contributed by atoms with Crippen molar-refractivity contribution in [2.45, 2.75) is 26.3 Å². The summed E-state index contributed by atoms with van der Waals surface area (Å²) in [5, 5.41) is 5.58. The van der Waals surface area contributed by atoms with Crippen molar-refractivity contribution in [1.82, 2.24) is 9.88 Å². The van der Waals surface area contributed by atoms with Crippen molar-refractivity contribution in [3.63, 3.8) is 0 Å². The number of halogens is 1. The molecule has 1 amide bonds. The zero-order valence-corrected chi connectivity index (χ0v) is 15.5. The van der Waals surface area contributed by atoms with Gasteiger partial charge < -0.3 is 0 Å². The molecular formula is C17H20BrN3OS. The van der Waals surface area contributed by atoms with Gasteiger partial charge in [0, 0.05) is 22.9 Å². The lowest BCUT2D eigenvalue weighted by Crippen LogP contribution is -2.33. The molecule has 1 fully saturated rings. The van der Waals surface area contributed by atoms with Crippen LogP contribution in [0.25, 0.3) is 0 Å². The third-order valence-electron chi connectivity index (χ3n) is 4.02. The van der Waals surface area contributed by atoms with Gasteiger partial charge >= 0.3 is 0 Å². The van der Waals surface area contributed by atoms with Crippen LogP contribution in [0.15, 0.2) is 34.1 Å². The summed E-state index contributed by atoms with van der Waals surface area (Å²) in [6.45, 7) is 5.44. The Hall–Kier alpha value is -1.24. The van der Waals surface area contributed by atoms with Crippen LogP contribution >= 0.6 is 27.3 Å². The van der Waals surface area contributed by atoms with E-state index in [0.717, 1.165) is 35.7 Å². The number of likely N-dealkylation sites (tertiary alicyclic amines) is 1. The summed E-state index contributed by atoms with van der Waals surface area (Å²) >= 11 is 4.89. The SMILES string of the molecule is C[C@@H]1CCCN(Cc2csc(NC(=O)c3ccccc3Br)n2)C1. The van der Waals surface area contributed by atoms with E-state index in [1.54, 1.807) is 6.07 Å². The summed E-state index contributed by atoms with van der Waals surface area (Å²) in [5.41, 5.74) is 1.65. The van der Waals surface area contributed by atoms with Crippen molar-refractivity contribution in [2.24, 2.45) is 5.92 Å². The molecule has 4 nitrogen and oxygen atoms in total. The maximum atomic E-state index is 12.3. The Morgan fingerprint density at radius 2 is 2.30 bits per heavy atom. The smallest absolute Gasteiger partial charge is 0.258 e. The van der Waals surface area contributed by atoms with Gasteiger partial charge in [-0.15, -0.1) is 11.3 Å². The van der Waals surface area contributed by atoms with E-state index in [9.17, 15) is 4.79 Å². The highest BCUT2D eigenvalue weighted by Gasteiger charge is 2.18. The number of nitrogens with zero attached hydrogens (tertiary/aromatic N) is 2. The predicted molar refractivity (Wildman–Crippen MR) is 97.9 cm³/mol. The number of carbonyl (C=O) groups excluding carboxylic acids is 1. The molecule has 1 saturated heterocycles. The first-order chi connectivity index (χ1) is 11.1. The highest BCUT2D eigenvalue weighted by atomic mass is 79.9. The van der Waals surface area contributed by atoms with Gasteiger partial charge in [-0.1, -0.05) is 19.1 Å². The minimum Gasteiger partial charge on any atom is -0.298 e. The molecule has 0 bridgehead atoms. The minimum atomic E-state index is -0.134. The molecule has 1 aliphatic rings. The zero-order valence-electron chi connectivity index (χ0n) is 13.1. The lowest BCUT2D eigenvalue weighted by Gasteiger charge is -2.30. The summed E-state index contributed by atoms with van der Waals surface area (Å²) in [5.74, 6) is 0.627. The molecule has 0 unspecified atom stereocenters. The fraction of sp³-hybridized carbons (Fsp3) is 0.412. The second kappa shape index (κ2) is 7.55. The third-order valence-corrected chi connectivity index (χ3v) is 5.52. The molecule has 1 N–H and O–H groups in total. The second-order valence-corrected chi connectivity index (χ2v) is 7.77. The van der Waals surface area contributed by atoms with Crippen molar-refractivity contribution >= 4 is 38.3 Å². The standard InChI is InChI=1S/C17H20BrN3OS/c1-12-5-4-8-21(9-12)10-13-11-23-17(19-13)20-16(22)14-6-2-3-7-15(14)18/h2-3,6-7,11-12H,4-5,8-10H2,1H3,(H,19,20,22)/t12-/m1/s1. The highest BCUT2D eigenvalue weighted by molar-refractivity contribution is 9.10. The monoisotopic (exact) mass is 393 g/mol. The maximum Gasteiger partial charge on any atom is 0.258 e. The first-order valence-corrected chi connectivity index (χ1v) is 9.51. The van der Waals surface area contributed by atoms with Gasteiger partial charge in [-0.2, -0.15) is 0 Å². The molecule has 1 aromatic heterocycles. The number of aromatic nitrogens is 1. The Bertz CT molecular complexity index is 688. The number of nitrogens with one attached hydrogen (secondary N) is 1. The van der Waals surface area contributed by atoms with Crippen LogP contribution in [0.1, 0.15) is 35.8 Å². The summed E-state index contributed by atoms with van der Waals surface area (Å²) in [6.07, 6.45) is 2.58. The Balaban J connectivity index is 1.61. The summed E-state index contributed by atoms with van der Waals surface area (Å²) in [6, 6.07) is 7.40. The van der Waals surface area contributed by atoms with Crippen LogP contribution in [0.5, 0.6) is 0 Å². The predicted octanol–water partition coefficient (Wildman–Crippen LogP) is 4.39. The van der Waals surface area contributed by atoms with Gasteiger partial charge in [-0.05, 0) is 53.4 Å². The molecule has 1 aliphatic heterocycles. The van der Waals surface area contributed by atoms with Crippen LogP contribution in [0.4, 0.5) is 5.13 Å². The van der Waals surface area contributed by atoms with Crippen molar-refractivity contribution < 1.29 is 4.79 Å². The van der Waals surface area contributed by atoms with E-state index in [1.165, 1.54) is 24.2 Å². The summed E-state index contributed by atoms with van der Waals surface area (Å²) < 4.78 is 0.789.